The maximum atomic E-state index is 12.4. The second kappa shape index (κ2) is 8.76. The van der Waals surface area contributed by atoms with Crippen molar-refractivity contribution in [2.45, 2.75) is 0 Å². The van der Waals surface area contributed by atoms with E-state index in [1.807, 2.05) is 24.3 Å². The van der Waals surface area contributed by atoms with Gasteiger partial charge in [-0.05, 0) is 60.5 Å². The Kier molecular flexibility index (Phi) is 5.94. The van der Waals surface area contributed by atoms with Crippen LogP contribution in [0.3, 0.4) is 0 Å². The predicted octanol–water partition coefficient (Wildman–Crippen LogP) is 3.28. The van der Waals surface area contributed by atoms with Crippen LogP contribution in [-0.4, -0.2) is 19.7 Å². The zero-order valence-corrected chi connectivity index (χ0v) is 14.9. The minimum Gasteiger partial charge on any atom is -0.322 e. The zero-order valence-electron chi connectivity index (χ0n) is 14.0. The number of pyridine rings is 1. The van der Waals surface area contributed by atoms with Crippen molar-refractivity contribution in [1.82, 2.24) is 4.98 Å². The van der Waals surface area contributed by atoms with Crippen molar-refractivity contribution >= 4 is 28.5 Å². The molecule has 0 radical (unpaired) electrons. The number of rotatable bonds is 4. The quantitative estimate of drug-likeness (QED) is 0.481. The maximum Gasteiger partial charge on any atom is 0.259 e. The lowest BCUT2D eigenvalue weighted by molar-refractivity contribution is 0.102. The summed E-state index contributed by atoms with van der Waals surface area (Å²) in [6, 6.07) is 19.0. The fourth-order valence-corrected chi connectivity index (χ4v) is 2.57. The number of hydrogen-bond acceptors (Lipinski definition) is 3. The van der Waals surface area contributed by atoms with Crippen molar-refractivity contribution in [1.29, 1.82) is 0 Å². The van der Waals surface area contributed by atoms with E-state index in [1.165, 1.54) is 0 Å². The van der Waals surface area contributed by atoms with Crippen LogP contribution < -0.4 is 10.0 Å². The molecule has 1 aromatic heterocycles. The van der Waals surface area contributed by atoms with E-state index in [4.69, 9.17) is 4.55 Å². The van der Waals surface area contributed by atoms with Crippen molar-refractivity contribution in [2.75, 3.05) is 10.0 Å². The molecular weight excluding hydrogens is 362 g/mol. The molecule has 0 aliphatic heterocycles. The molecule has 0 fully saturated rings. The summed E-state index contributed by atoms with van der Waals surface area (Å²) >= 11 is -2.14. The van der Waals surface area contributed by atoms with Crippen molar-refractivity contribution in [2.24, 2.45) is 0 Å². The molecule has 0 saturated heterocycles. The molecular formula is C20H15N3O3S. The van der Waals surface area contributed by atoms with E-state index in [9.17, 15) is 9.00 Å². The molecule has 0 aliphatic rings. The van der Waals surface area contributed by atoms with E-state index in [-0.39, 0.29) is 5.91 Å². The summed E-state index contributed by atoms with van der Waals surface area (Å²) < 4.78 is 21.8. The smallest absolute Gasteiger partial charge is 0.259 e. The first-order valence-electron chi connectivity index (χ1n) is 7.92. The number of anilines is 2. The maximum absolute atomic E-state index is 12.4. The molecule has 2 aromatic carbocycles. The van der Waals surface area contributed by atoms with Gasteiger partial charge in [0.2, 0.25) is 0 Å². The molecule has 0 bridgehead atoms. The topological polar surface area (TPSA) is 91.3 Å². The minimum absolute atomic E-state index is 0.275. The molecule has 3 rings (SSSR count). The Morgan fingerprint density at radius 1 is 0.963 bits per heavy atom. The van der Waals surface area contributed by atoms with Gasteiger partial charge in [-0.3, -0.25) is 14.1 Å². The van der Waals surface area contributed by atoms with E-state index >= 15 is 0 Å². The number of carbonyl (C=O) groups is 1. The van der Waals surface area contributed by atoms with Gasteiger partial charge in [0.25, 0.3) is 17.2 Å². The van der Waals surface area contributed by atoms with Gasteiger partial charge in [0.05, 0.1) is 0 Å². The number of amides is 1. The molecule has 134 valence electrons. The molecule has 1 atom stereocenters. The Hall–Kier alpha value is -3.47. The molecule has 27 heavy (non-hydrogen) atoms. The summed E-state index contributed by atoms with van der Waals surface area (Å²) in [4.78, 5) is 16.6. The van der Waals surface area contributed by atoms with Crippen LogP contribution in [0.4, 0.5) is 11.4 Å². The lowest BCUT2D eigenvalue weighted by Crippen LogP contribution is -2.12. The van der Waals surface area contributed by atoms with Crippen LogP contribution in [0.1, 0.15) is 21.6 Å². The van der Waals surface area contributed by atoms with Gasteiger partial charge in [-0.15, -0.1) is 0 Å². The largest absolute Gasteiger partial charge is 0.322 e. The molecule has 1 amide bonds. The SMILES string of the molecule is O=C(Nc1ccc(NS(=O)O)cc1)c1cccc(C#Cc2ccccn2)c1. The van der Waals surface area contributed by atoms with Gasteiger partial charge >= 0.3 is 0 Å². The fourth-order valence-electron chi connectivity index (χ4n) is 2.24. The van der Waals surface area contributed by atoms with E-state index in [0.29, 0.717) is 28.2 Å². The molecule has 7 heteroatoms. The highest BCUT2D eigenvalue weighted by atomic mass is 32.2. The third kappa shape index (κ3) is 5.51. The summed E-state index contributed by atoms with van der Waals surface area (Å²) in [5.41, 5.74) is 2.88. The number of hydrogen-bond donors (Lipinski definition) is 3. The van der Waals surface area contributed by atoms with Crippen LogP contribution in [0.25, 0.3) is 0 Å². The van der Waals surface area contributed by atoms with Crippen LogP contribution >= 0.6 is 0 Å². The summed E-state index contributed by atoms with van der Waals surface area (Å²) in [6.07, 6.45) is 1.67. The molecule has 6 nitrogen and oxygen atoms in total. The first-order chi connectivity index (χ1) is 13.1. The first kappa shape index (κ1) is 18.3. The highest BCUT2D eigenvalue weighted by Gasteiger charge is 2.06. The van der Waals surface area contributed by atoms with Crippen LogP contribution in [0, 0.1) is 11.8 Å². The van der Waals surface area contributed by atoms with Gasteiger partial charge in [0.1, 0.15) is 5.69 Å². The summed E-state index contributed by atoms with van der Waals surface area (Å²) in [5, 5.41) is 2.77. The van der Waals surface area contributed by atoms with Gasteiger partial charge in [-0.1, -0.05) is 18.1 Å². The van der Waals surface area contributed by atoms with E-state index in [0.717, 1.165) is 0 Å². The Morgan fingerprint density at radius 2 is 1.74 bits per heavy atom. The third-order valence-electron chi connectivity index (χ3n) is 3.47. The number of nitrogens with one attached hydrogen (secondary N) is 2. The van der Waals surface area contributed by atoms with Crippen LogP contribution in [0.2, 0.25) is 0 Å². The summed E-state index contributed by atoms with van der Waals surface area (Å²) in [5.74, 6) is 5.67. The van der Waals surface area contributed by atoms with E-state index < -0.39 is 11.3 Å². The second-order valence-corrected chi connectivity index (χ2v) is 6.13. The minimum atomic E-state index is -2.14. The molecule has 0 spiro atoms. The Bertz CT molecular complexity index is 1030. The zero-order chi connectivity index (χ0) is 19.1. The van der Waals surface area contributed by atoms with Crippen LogP contribution in [0.15, 0.2) is 72.9 Å². The van der Waals surface area contributed by atoms with Gasteiger partial charge in [-0.25, -0.2) is 9.19 Å². The number of benzene rings is 2. The average molecular weight is 377 g/mol. The van der Waals surface area contributed by atoms with Gasteiger partial charge < -0.3 is 5.32 Å². The molecule has 0 saturated carbocycles. The average Bonchev–Trinajstić information content (AvgIpc) is 2.68. The van der Waals surface area contributed by atoms with Crippen LogP contribution in [0.5, 0.6) is 0 Å². The Labute approximate surface area is 159 Å². The number of nitrogens with zero attached hydrogens (tertiary/aromatic N) is 1. The molecule has 3 aromatic rings. The highest BCUT2D eigenvalue weighted by Crippen LogP contribution is 2.15. The molecule has 1 heterocycles. The molecule has 1 unspecified atom stereocenters. The van der Waals surface area contributed by atoms with Crippen molar-refractivity contribution in [3.8, 4) is 11.8 Å². The first-order valence-corrected chi connectivity index (χ1v) is 9.03. The predicted molar refractivity (Wildman–Crippen MR) is 105 cm³/mol. The van der Waals surface area contributed by atoms with Crippen molar-refractivity contribution in [3.63, 3.8) is 0 Å². The molecule has 3 N–H and O–H groups in total. The highest BCUT2D eigenvalue weighted by molar-refractivity contribution is 7.80. The standard InChI is InChI=1S/C20H15N3O3S/c24-20(22-18-9-11-19(12-10-18)23-27(25)26)16-5-3-4-15(14-16)7-8-17-6-1-2-13-21-17/h1-6,9-14,23H,(H,22,24)(H,25,26). The van der Waals surface area contributed by atoms with Crippen LogP contribution in [-0.2, 0) is 11.3 Å². The second-order valence-electron chi connectivity index (χ2n) is 5.43. The lowest BCUT2D eigenvalue weighted by Gasteiger charge is -2.07. The number of carbonyl (C=O) groups excluding carboxylic acids is 1. The normalized spacial score (nSPS) is 11.0. The fraction of sp³-hybridized carbons (Fsp3) is 0. The molecule has 0 aliphatic carbocycles. The third-order valence-corrected chi connectivity index (χ3v) is 3.88. The number of aromatic nitrogens is 1. The monoisotopic (exact) mass is 377 g/mol. The Balaban J connectivity index is 1.70. The van der Waals surface area contributed by atoms with Gasteiger partial charge in [-0.2, -0.15) is 0 Å². The Morgan fingerprint density at radius 3 is 2.44 bits per heavy atom. The van der Waals surface area contributed by atoms with Crippen molar-refractivity contribution in [3.05, 3.63) is 89.7 Å². The van der Waals surface area contributed by atoms with E-state index in [2.05, 4.69) is 26.9 Å². The lowest BCUT2D eigenvalue weighted by atomic mass is 10.1. The van der Waals surface area contributed by atoms with Gasteiger partial charge in [0.15, 0.2) is 0 Å². The summed E-state index contributed by atoms with van der Waals surface area (Å²) in [6.45, 7) is 0. The van der Waals surface area contributed by atoms with Crippen molar-refractivity contribution < 1.29 is 13.6 Å². The summed E-state index contributed by atoms with van der Waals surface area (Å²) in [7, 11) is 0. The van der Waals surface area contributed by atoms with E-state index in [1.54, 1.807) is 48.7 Å². The van der Waals surface area contributed by atoms with Gasteiger partial charge in [0, 0.05) is 28.7 Å².